The molecule has 1 aliphatic heterocycles. The van der Waals surface area contributed by atoms with E-state index in [-0.39, 0.29) is 28.8 Å². The molecule has 4 rings (SSSR count). The molecular formula is C23H23ClFN5O3. The SMILES string of the molecule is C[C@H](O)CNC(=O)c1cnccc1Nc1cc(-c2cc(Cl)ccc2F)c(=O)n2c1N(C)CC2. The van der Waals surface area contributed by atoms with E-state index < -0.39 is 17.8 Å². The van der Waals surface area contributed by atoms with Crippen molar-refractivity contribution in [1.29, 1.82) is 0 Å². The van der Waals surface area contributed by atoms with Gasteiger partial charge in [-0.05, 0) is 37.3 Å². The Hall–Kier alpha value is -3.43. The van der Waals surface area contributed by atoms with E-state index in [1.165, 1.54) is 30.6 Å². The molecule has 3 aromatic rings. The van der Waals surface area contributed by atoms with Crippen LogP contribution in [0.3, 0.4) is 0 Å². The van der Waals surface area contributed by atoms with Crippen LogP contribution in [0.4, 0.5) is 21.6 Å². The highest BCUT2D eigenvalue weighted by molar-refractivity contribution is 6.30. The van der Waals surface area contributed by atoms with E-state index in [0.29, 0.717) is 35.3 Å². The second-order valence-electron chi connectivity index (χ2n) is 7.90. The van der Waals surface area contributed by atoms with E-state index in [9.17, 15) is 19.1 Å². The van der Waals surface area contributed by atoms with Crippen LogP contribution in [0.25, 0.3) is 11.1 Å². The van der Waals surface area contributed by atoms with E-state index in [0.717, 1.165) is 0 Å². The van der Waals surface area contributed by atoms with Crippen LogP contribution in [-0.4, -0.2) is 46.8 Å². The second-order valence-corrected chi connectivity index (χ2v) is 8.34. The van der Waals surface area contributed by atoms with Gasteiger partial charge in [0.1, 0.15) is 11.6 Å². The maximum atomic E-state index is 14.6. The average Bonchev–Trinajstić information content (AvgIpc) is 3.18. The van der Waals surface area contributed by atoms with E-state index >= 15 is 0 Å². The van der Waals surface area contributed by atoms with Crippen molar-refractivity contribution in [1.82, 2.24) is 14.9 Å². The Morgan fingerprint density at radius 3 is 2.79 bits per heavy atom. The van der Waals surface area contributed by atoms with Gasteiger partial charge >= 0.3 is 0 Å². The van der Waals surface area contributed by atoms with Gasteiger partial charge < -0.3 is 20.6 Å². The molecule has 0 aliphatic carbocycles. The fraction of sp³-hybridized carbons (Fsp3) is 0.261. The summed E-state index contributed by atoms with van der Waals surface area (Å²) >= 11 is 6.07. The number of hydrogen-bond acceptors (Lipinski definition) is 6. The number of rotatable bonds is 6. The summed E-state index contributed by atoms with van der Waals surface area (Å²) in [5, 5.41) is 15.7. The van der Waals surface area contributed by atoms with Crippen LogP contribution < -0.4 is 21.1 Å². The number of nitrogens with one attached hydrogen (secondary N) is 2. The molecule has 8 nitrogen and oxygen atoms in total. The zero-order valence-electron chi connectivity index (χ0n) is 18.1. The van der Waals surface area contributed by atoms with Crippen molar-refractivity contribution in [2.24, 2.45) is 0 Å². The van der Waals surface area contributed by atoms with Crippen molar-refractivity contribution < 1.29 is 14.3 Å². The summed E-state index contributed by atoms with van der Waals surface area (Å²) in [6.45, 7) is 2.70. The third kappa shape index (κ3) is 4.55. The highest BCUT2D eigenvalue weighted by Crippen LogP contribution is 2.35. The number of aromatic nitrogens is 2. The number of likely N-dealkylation sites (N-methyl/N-ethyl adjacent to an activating group) is 1. The zero-order chi connectivity index (χ0) is 23.7. The molecule has 172 valence electrons. The molecule has 1 amide bonds. The van der Waals surface area contributed by atoms with Crippen LogP contribution in [0, 0.1) is 5.82 Å². The van der Waals surface area contributed by atoms with Gasteiger partial charge in [-0.1, -0.05) is 11.6 Å². The minimum Gasteiger partial charge on any atom is -0.392 e. The van der Waals surface area contributed by atoms with E-state index in [4.69, 9.17) is 11.6 Å². The average molecular weight is 472 g/mol. The Morgan fingerprint density at radius 1 is 1.24 bits per heavy atom. The van der Waals surface area contributed by atoms with Crippen molar-refractivity contribution in [2.45, 2.75) is 19.6 Å². The fourth-order valence-corrected chi connectivity index (χ4v) is 3.96. The Kier molecular flexibility index (Phi) is 6.35. The normalized spacial score (nSPS) is 13.5. The maximum Gasteiger partial charge on any atom is 0.260 e. The van der Waals surface area contributed by atoms with Crippen LogP contribution >= 0.6 is 11.6 Å². The number of anilines is 3. The maximum absolute atomic E-state index is 14.6. The fourth-order valence-electron chi connectivity index (χ4n) is 3.79. The Labute approximate surface area is 194 Å². The lowest BCUT2D eigenvalue weighted by atomic mass is 10.1. The van der Waals surface area contributed by atoms with E-state index in [1.54, 1.807) is 23.6 Å². The van der Waals surface area contributed by atoms with Crippen molar-refractivity contribution in [2.75, 3.05) is 30.4 Å². The number of aliphatic hydroxyl groups excluding tert-OH is 1. The van der Waals surface area contributed by atoms with Crippen LogP contribution in [0.1, 0.15) is 17.3 Å². The largest absolute Gasteiger partial charge is 0.392 e. The lowest BCUT2D eigenvalue weighted by Gasteiger charge is -2.20. The van der Waals surface area contributed by atoms with Gasteiger partial charge in [-0.15, -0.1) is 0 Å². The Bertz CT molecular complexity index is 1280. The van der Waals surface area contributed by atoms with Gasteiger partial charge in [0.25, 0.3) is 11.5 Å². The third-order valence-corrected chi connectivity index (χ3v) is 5.63. The number of carbonyl (C=O) groups is 1. The molecule has 3 heterocycles. The van der Waals surface area contributed by atoms with Gasteiger partial charge in [0.2, 0.25) is 0 Å². The molecule has 2 aromatic heterocycles. The molecule has 1 aromatic carbocycles. The van der Waals surface area contributed by atoms with Gasteiger partial charge in [0.05, 0.1) is 28.6 Å². The number of aliphatic hydroxyl groups is 1. The highest BCUT2D eigenvalue weighted by atomic mass is 35.5. The summed E-state index contributed by atoms with van der Waals surface area (Å²) in [5.74, 6) is -0.347. The molecule has 0 saturated heterocycles. The minimum absolute atomic E-state index is 0.0875. The topological polar surface area (TPSA) is 99.5 Å². The Balaban J connectivity index is 1.82. The molecular weight excluding hydrogens is 449 g/mol. The highest BCUT2D eigenvalue weighted by Gasteiger charge is 2.25. The first kappa shape index (κ1) is 22.8. The van der Waals surface area contributed by atoms with Gasteiger partial charge in [-0.25, -0.2) is 4.39 Å². The van der Waals surface area contributed by atoms with E-state index in [2.05, 4.69) is 15.6 Å². The first-order valence-corrected chi connectivity index (χ1v) is 10.8. The summed E-state index contributed by atoms with van der Waals surface area (Å²) in [6.07, 6.45) is 2.25. The molecule has 0 saturated carbocycles. The molecule has 0 unspecified atom stereocenters. The van der Waals surface area contributed by atoms with Crippen molar-refractivity contribution in [3.63, 3.8) is 0 Å². The molecule has 0 fully saturated rings. The summed E-state index contributed by atoms with van der Waals surface area (Å²) in [6, 6.07) is 7.27. The van der Waals surface area contributed by atoms with Crippen LogP contribution in [0.2, 0.25) is 5.02 Å². The van der Waals surface area contributed by atoms with Crippen LogP contribution in [0.15, 0.2) is 47.5 Å². The lowest BCUT2D eigenvalue weighted by Crippen LogP contribution is -2.31. The van der Waals surface area contributed by atoms with Gasteiger partial charge in [-0.2, -0.15) is 0 Å². The molecule has 10 heteroatoms. The minimum atomic E-state index is -0.699. The monoisotopic (exact) mass is 471 g/mol. The summed E-state index contributed by atoms with van der Waals surface area (Å²) in [5.41, 5.74) is 1.17. The Morgan fingerprint density at radius 2 is 2.03 bits per heavy atom. The first-order valence-electron chi connectivity index (χ1n) is 10.4. The predicted molar refractivity (Wildman–Crippen MR) is 126 cm³/mol. The first-order chi connectivity index (χ1) is 15.8. The quantitative estimate of drug-likeness (QED) is 0.511. The van der Waals surface area contributed by atoms with Gasteiger partial charge in [0, 0.05) is 49.7 Å². The molecule has 33 heavy (non-hydrogen) atoms. The van der Waals surface area contributed by atoms with Crippen molar-refractivity contribution in [3.05, 3.63) is 69.5 Å². The van der Waals surface area contributed by atoms with Crippen LogP contribution in [0.5, 0.6) is 0 Å². The second kappa shape index (κ2) is 9.21. The molecule has 0 radical (unpaired) electrons. The van der Waals surface area contributed by atoms with Gasteiger partial charge in [0.15, 0.2) is 0 Å². The predicted octanol–water partition coefficient (Wildman–Crippen LogP) is 3.01. The molecule has 0 spiro atoms. The number of benzene rings is 1. The number of hydrogen-bond donors (Lipinski definition) is 3. The van der Waals surface area contributed by atoms with Crippen molar-refractivity contribution >= 4 is 34.7 Å². The summed E-state index contributed by atoms with van der Waals surface area (Å²) in [7, 11) is 1.85. The van der Waals surface area contributed by atoms with Gasteiger partial charge in [-0.3, -0.25) is 19.1 Å². The molecule has 3 N–H and O–H groups in total. The molecule has 1 atom stereocenters. The smallest absolute Gasteiger partial charge is 0.260 e. The number of amides is 1. The molecule has 0 bridgehead atoms. The van der Waals surface area contributed by atoms with Crippen LogP contribution in [-0.2, 0) is 6.54 Å². The number of halogens is 2. The lowest BCUT2D eigenvalue weighted by molar-refractivity contribution is 0.0924. The zero-order valence-corrected chi connectivity index (χ0v) is 18.9. The summed E-state index contributed by atoms with van der Waals surface area (Å²) in [4.78, 5) is 31.8. The van der Waals surface area contributed by atoms with E-state index in [1.807, 2.05) is 11.9 Å². The standard InChI is InChI=1S/C23H23ClFN5O3/c1-13(31)11-27-21(32)17-12-26-6-5-19(17)28-20-10-16(15-9-14(24)3-4-18(15)25)23(33)30-8-7-29(2)22(20)30/h3-6,9-10,12-13,31H,7-8,11H2,1-2H3,(H,26,28)(H,27,32)/t13-/m0/s1. The number of pyridine rings is 2. The number of nitrogens with zero attached hydrogens (tertiary/aromatic N) is 3. The third-order valence-electron chi connectivity index (χ3n) is 5.39. The number of carbonyl (C=O) groups excluding carboxylic acids is 1. The molecule has 1 aliphatic rings. The summed E-state index contributed by atoms with van der Waals surface area (Å²) < 4.78 is 16.2. The van der Waals surface area contributed by atoms with Crippen molar-refractivity contribution in [3.8, 4) is 11.1 Å². The number of fused-ring (bicyclic) bond motifs is 1.